The Morgan fingerprint density at radius 3 is 0.929 bits per heavy atom. The summed E-state index contributed by atoms with van der Waals surface area (Å²) in [6, 6.07) is 22.0. The van der Waals surface area contributed by atoms with Crippen molar-refractivity contribution in [1.82, 2.24) is 0 Å². The van der Waals surface area contributed by atoms with Crippen LogP contribution in [0.2, 0.25) is 0 Å². The number of hydrogen-bond donors (Lipinski definition) is 0. The van der Waals surface area contributed by atoms with Crippen LogP contribution in [0.3, 0.4) is 0 Å². The predicted molar refractivity (Wildman–Crippen MR) is 107 cm³/mol. The van der Waals surface area contributed by atoms with Gasteiger partial charge in [0.15, 0.2) is 0 Å². The van der Waals surface area contributed by atoms with Crippen LogP contribution in [0.25, 0.3) is 0 Å². The molecule has 0 aliphatic carbocycles. The molecule has 3 aromatic carbocycles. The fourth-order valence-corrected chi connectivity index (χ4v) is 4.57. The Labute approximate surface area is 169 Å². The molecule has 0 amide bonds. The Morgan fingerprint density at radius 1 is 0.429 bits per heavy atom. The summed E-state index contributed by atoms with van der Waals surface area (Å²) in [7, 11) is 4.76. The van der Waals surface area contributed by atoms with Gasteiger partial charge in [-0.05, 0) is 0 Å². The molecular weight excluding hydrogens is 423 g/mol. The van der Waals surface area contributed by atoms with E-state index in [4.69, 9.17) is 25.4 Å². The number of benzene rings is 3. The minimum absolute atomic E-state index is 0.537. The van der Waals surface area contributed by atoms with E-state index in [1.165, 1.54) is 0 Å². The second-order valence-electron chi connectivity index (χ2n) is 5.45. The van der Waals surface area contributed by atoms with Gasteiger partial charge in [-0.1, -0.05) is 0 Å². The molecule has 6 nitrogen and oxygen atoms in total. The van der Waals surface area contributed by atoms with Gasteiger partial charge in [-0.2, -0.15) is 0 Å². The number of methoxy groups -OCH3 is 3. The van der Waals surface area contributed by atoms with Crippen molar-refractivity contribution in [3.8, 4) is 34.5 Å². The van der Waals surface area contributed by atoms with E-state index in [1.54, 1.807) is 39.5 Å². The van der Waals surface area contributed by atoms with Gasteiger partial charge in [0.25, 0.3) is 0 Å². The maximum absolute atomic E-state index is 6.11. The summed E-state index contributed by atoms with van der Waals surface area (Å²) in [4.78, 5) is 0. The van der Waals surface area contributed by atoms with E-state index in [-0.39, 0.29) is 0 Å². The van der Waals surface area contributed by atoms with Gasteiger partial charge < -0.3 is 0 Å². The van der Waals surface area contributed by atoms with Gasteiger partial charge in [0, 0.05) is 0 Å². The molecule has 3 rings (SSSR count). The molecule has 0 N–H and O–H groups in total. The van der Waals surface area contributed by atoms with Crippen molar-refractivity contribution in [3.05, 3.63) is 72.8 Å². The monoisotopic (exact) mass is 444 g/mol. The summed E-state index contributed by atoms with van der Waals surface area (Å²) in [6.07, 6.45) is 0. The molecule has 0 fully saturated rings. The van der Waals surface area contributed by atoms with Crippen LogP contribution >= 0.6 is 0 Å². The van der Waals surface area contributed by atoms with Crippen molar-refractivity contribution in [2.24, 2.45) is 0 Å². The third kappa shape index (κ3) is 4.84. The zero-order chi connectivity index (χ0) is 19.8. The van der Waals surface area contributed by atoms with Crippen LogP contribution in [0.5, 0.6) is 34.5 Å². The van der Waals surface area contributed by atoms with E-state index in [0.717, 1.165) is 0 Å². The van der Waals surface area contributed by atoms with E-state index in [1.807, 2.05) is 54.6 Å². The summed E-state index contributed by atoms with van der Waals surface area (Å²) in [5.41, 5.74) is 0. The van der Waals surface area contributed by atoms with E-state index in [2.05, 4.69) is 0 Å². The minimum atomic E-state index is -2.86. The zero-order valence-electron chi connectivity index (χ0n) is 15.8. The molecule has 0 bridgehead atoms. The number of ether oxygens (including phenoxy) is 3. The normalized spacial score (nSPS) is 10.3. The van der Waals surface area contributed by atoms with Crippen molar-refractivity contribution in [2.45, 2.75) is 0 Å². The molecule has 0 heterocycles. The molecular formula is C21H21AsO6. The average Bonchev–Trinajstić information content (AvgIpc) is 2.75. The molecule has 0 saturated heterocycles. The Bertz CT molecular complexity index is 784. The van der Waals surface area contributed by atoms with Gasteiger partial charge in [-0.15, -0.1) is 0 Å². The van der Waals surface area contributed by atoms with Gasteiger partial charge >= 0.3 is 170 Å². The quantitative estimate of drug-likeness (QED) is 0.461. The molecule has 3 aromatic rings. The van der Waals surface area contributed by atoms with Crippen molar-refractivity contribution in [3.63, 3.8) is 0 Å². The standard InChI is InChI=1S/C21H21AsO6/c1-23-16-10-4-7-13-19(16)26-22(27-20-14-8-5-11-17(20)24-2)28-21-15-9-6-12-18(21)25-3/h4-15H,1-3H3. The SMILES string of the molecule is COc1ccccc1O[As](Oc1ccccc1OC)Oc1ccccc1OC. The van der Waals surface area contributed by atoms with Crippen molar-refractivity contribution in [2.75, 3.05) is 21.3 Å². The molecule has 0 unspecified atom stereocenters. The Kier molecular flexibility index (Phi) is 6.93. The molecule has 0 aromatic heterocycles. The van der Waals surface area contributed by atoms with Crippen molar-refractivity contribution in [1.29, 1.82) is 0 Å². The predicted octanol–water partition coefficient (Wildman–Crippen LogP) is 4.23. The van der Waals surface area contributed by atoms with Crippen LogP contribution in [0, 0.1) is 0 Å². The Morgan fingerprint density at radius 2 is 0.679 bits per heavy atom. The van der Waals surface area contributed by atoms with Crippen LogP contribution in [0.1, 0.15) is 0 Å². The first-order valence-electron chi connectivity index (χ1n) is 8.48. The molecule has 0 saturated carbocycles. The molecule has 0 atom stereocenters. The second kappa shape index (κ2) is 9.81. The first-order valence-corrected chi connectivity index (χ1v) is 10.8. The number of hydrogen-bond acceptors (Lipinski definition) is 6. The van der Waals surface area contributed by atoms with Gasteiger partial charge in [-0.25, -0.2) is 0 Å². The topological polar surface area (TPSA) is 55.4 Å². The number of para-hydroxylation sites is 6. The van der Waals surface area contributed by atoms with Gasteiger partial charge in [0.2, 0.25) is 0 Å². The van der Waals surface area contributed by atoms with E-state index < -0.39 is 15.7 Å². The second-order valence-corrected chi connectivity index (χ2v) is 7.54. The molecule has 0 aliphatic heterocycles. The Hall–Kier alpha value is -2.98. The van der Waals surface area contributed by atoms with Crippen molar-refractivity contribution < 1.29 is 25.4 Å². The average molecular weight is 444 g/mol. The van der Waals surface area contributed by atoms with Gasteiger partial charge in [-0.3, -0.25) is 0 Å². The zero-order valence-corrected chi connectivity index (χ0v) is 17.7. The summed E-state index contributed by atoms with van der Waals surface area (Å²) >= 11 is -2.86. The van der Waals surface area contributed by atoms with Crippen LogP contribution in [-0.4, -0.2) is 37.0 Å². The van der Waals surface area contributed by atoms with Gasteiger partial charge in [0.05, 0.1) is 0 Å². The molecule has 7 heteroatoms. The maximum atomic E-state index is 6.11. The third-order valence-corrected chi connectivity index (χ3v) is 5.90. The Balaban J connectivity index is 1.91. The van der Waals surface area contributed by atoms with Crippen LogP contribution in [0.4, 0.5) is 0 Å². The third-order valence-electron chi connectivity index (χ3n) is 3.73. The van der Waals surface area contributed by atoms with E-state index >= 15 is 0 Å². The first kappa shape index (κ1) is 19.8. The van der Waals surface area contributed by atoms with Crippen LogP contribution < -0.4 is 25.4 Å². The van der Waals surface area contributed by atoms with Crippen LogP contribution in [0.15, 0.2) is 72.8 Å². The van der Waals surface area contributed by atoms with E-state index in [0.29, 0.717) is 34.5 Å². The summed E-state index contributed by atoms with van der Waals surface area (Å²) in [6.45, 7) is 0. The van der Waals surface area contributed by atoms with Crippen LogP contribution in [-0.2, 0) is 0 Å². The number of rotatable bonds is 9. The van der Waals surface area contributed by atoms with E-state index in [9.17, 15) is 0 Å². The fourth-order valence-electron chi connectivity index (χ4n) is 2.38. The van der Waals surface area contributed by atoms with Gasteiger partial charge in [0.1, 0.15) is 0 Å². The summed E-state index contributed by atoms with van der Waals surface area (Å²) in [5, 5.41) is 0. The molecule has 146 valence electrons. The summed E-state index contributed by atoms with van der Waals surface area (Å²) < 4.78 is 34.4. The molecule has 0 spiro atoms. The van der Waals surface area contributed by atoms with Crippen molar-refractivity contribution >= 4 is 15.7 Å². The fraction of sp³-hybridized carbons (Fsp3) is 0.143. The molecule has 28 heavy (non-hydrogen) atoms. The summed E-state index contributed by atoms with van der Waals surface area (Å²) in [5.74, 6) is 3.39. The molecule has 0 radical (unpaired) electrons. The molecule has 0 aliphatic rings. The first-order chi connectivity index (χ1) is 13.7.